The second-order valence-electron chi connectivity index (χ2n) is 2.91. The van der Waals surface area contributed by atoms with Crippen LogP contribution in [0.1, 0.15) is 10.4 Å². The van der Waals surface area contributed by atoms with E-state index in [1.807, 2.05) is 0 Å². The van der Waals surface area contributed by atoms with E-state index in [4.69, 9.17) is 11.6 Å². The number of fused-ring (bicyclic) bond motifs is 1. The molecule has 0 aliphatic heterocycles. The molecule has 2 N–H and O–H groups in total. The molecule has 0 spiro atoms. The Hall–Kier alpha value is -1.88. The molecule has 1 aromatic heterocycles. The second-order valence-corrected chi connectivity index (χ2v) is 3.25. The number of carbonyl (C=O) groups is 1. The van der Waals surface area contributed by atoms with E-state index in [0.717, 1.165) is 0 Å². The summed E-state index contributed by atoms with van der Waals surface area (Å²) in [6.07, 6.45) is 0. The van der Waals surface area contributed by atoms with Gasteiger partial charge in [-0.3, -0.25) is 14.4 Å². The van der Waals surface area contributed by atoms with Crippen LogP contribution in [-0.2, 0) is 0 Å². The molecular formula is C9H5ClN2O3. The van der Waals surface area contributed by atoms with Gasteiger partial charge in [0.15, 0.2) is 0 Å². The summed E-state index contributed by atoms with van der Waals surface area (Å²) in [6, 6.07) is 4.59. The first-order valence-corrected chi connectivity index (χ1v) is 4.42. The molecule has 2 rings (SSSR count). The van der Waals surface area contributed by atoms with Crippen molar-refractivity contribution in [1.29, 1.82) is 0 Å². The number of para-hydroxylation sites is 1. The first-order valence-electron chi connectivity index (χ1n) is 4.05. The molecule has 0 saturated heterocycles. The quantitative estimate of drug-likeness (QED) is 0.550. The molecule has 0 aliphatic carbocycles. The van der Waals surface area contributed by atoms with Gasteiger partial charge in [-0.2, -0.15) is 0 Å². The first kappa shape index (κ1) is 9.67. The predicted molar refractivity (Wildman–Crippen MR) is 55.4 cm³/mol. The highest BCUT2D eigenvalue weighted by Gasteiger charge is 2.08. The van der Waals surface area contributed by atoms with Crippen LogP contribution in [0.15, 0.2) is 27.8 Å². The molecule has 0 fully saturated rings. The van der Waals surface area contributed by atoms with E-state index >= 15 is 0 Å². The number of nitrogens with one attached hydrogen (secondary N) is 2. The minimum atomic E-state index is -0.812. The van der Waals surface area contributed by atoms with Gasteiger partial charge in [-0.05, 0) is 23.7 Å². The Kier molecular flexibility index (Phi) is 2.17. The van der Waals surface area contributed by atoms with Gasteiger partial charge in [0.2, 0.25) is 0 Å². The maximum Gasteiger partial charge on any atom is 0.314 e. The Morgan fingerprint density at radius 3 is 2.47 bits per heavy atom. The van der Waals surface area contributed by atoms with Crippen molar-refractivity contribution < 1.29 is 4.79 Å². The van der Waals surface area contributed by atoms with Crippen LogP contribution >= 0.6 is 11.6 Å². The summed E-state index contributed by atoms with van der Waals surface area (Å²) in [6.45, 7) is 0. The zero-order valence-corrected chi connectivity index (χ0v) is 8.09. The average Bonchev–Trinajstić information content (AvgIpc) is 2.18. The molecule has 5 nitrogen and oxygen atoms in total. The van der Waals surface area contributed by atoms with Crippen molar-refractivity contribution in [3.63, 3.8) is 0 Å². The van der Waals surface area contributed by atoms with Crippen molar-refractivity contribution in [2.75, 3.05) is 0 Å². The lowest BCUT2D eigenvalue weighted by atomic mass is 10.2. The molecule has 1 aromatic carbocycles. The van der Waals surface area contributed by atoms with Gasteiger partial charge in [0.05, 0.1) is 16.6 Å². The SMILES string of the molecule is O=C(Cl)c1cccc2[nH]c(=O)c(=O)[nH]c12. The van der Waals surface area contributed by atoms with E-state index in [1.165, 1.54) is 6.07 Å². The number of hydrogen-bond acceptors (Lipinski definition) is 3. The summed E-state index contributed by atoms with van der Waals surface area (Å²) in [4.78, 5) is 37.7. The van der Waals surface area contributed by atoms with Crippen LogP contribution in [0.2, 0.25) is 0 Å². The largest absolute Gasteiger partial charge is 0.316 e. The summed E-state index contributed by atoms with van der Waals surface area (Å²) >= 11 is 5.32. The molecule has 6 heteroatoms. The van der Waals surface area contributed by atoms with Crippen LogP contribution in [0.4, 0.5) is 0 Å². The molecule has 0 bridgehead atoms. The molecule has 0 amide bonds. The summed E-state index contributed by atoms with van der Waals surface area (Å²) in [7, 11) is 0. The zero-order valence-electron chi connectivity index (χ0n) is 7.33. The van der Waals surface area contributed by atoms with Gasteiger partial charge in [-0.15, -0.1) is 0 Å². The molecule has 0 aliphatic rings. The summed E-state index contributed by atoms with van der Waals surface area (Å²) in [5.41, 5.74) is -0.815. The number of hydrogen-bond donors (Lipinski definition) is 2. The third-order valence-electron chi connectivity index (χ3n) is 1.97. The molecule has 0 saturated carbocycles. The fourth-order valence-corrected chi connectivity index (χ4v) is 1.46. The van der Waals surface area contributed by atoms with Crippen molar-refractivity contribution >= 4 is 27.9 Å². The Bertz CT molecular complexity index is 656. The van der Waals surface area contributed by atoms with E-state index in [0.29, 0.717) is 5.52 Å². The highest BCUT2D eigenvalue weighted by atomic mass is 35.5. The van der Waals surface area contributed by atoms with E-state index in [-0.39, 0.29) is 11.1 Å². The third kappa shape index (κ3) is 1.57. The molecule has 0 unspecified atom stereocenters. The number of H-pyrrole nitrogens is 2. The van der Waals surface area contributed by atoms with Gasteiger partial charge in [0.25, 0.3) is 5.24 Å². The standard InChI is InChI=1S/C9H5ClN2O3/c10-7(13)4-2-1-3-5-6(4)12-9(15)8(14)11-5/h1-3H,(H,11,14)(H,12,15). The lowest BCUT2D eigenvalue weighted by Gasteiger charge is -2.00. The van der Waals surface area contributed by atoms with Crippen molar-refractivity contribution in [3.8, 4) is 0 Å². The fraction of sp³-hybridized carbons (Fsp3) is 0. The third-order valence-corrected chi connectivity index (χ3v) is 2.17. The topological polar surface area (TPSA) is 82.8 Å². The number of rotatable bonds is 1. The Morgan fingerprint density at radius 1 is 1.13 bits per heavy atom. The Labute approximate surface area is 87.7 Å². The molecule has 1 heterocycles. The number of aromatic amines is 2. The van der Waals surface area contributed by atoms with Crippen molar-refractivity contribution in [2.24, 2.45) is 0 Å². The van der Waals surface area contributed by atoms with Gasteiger partial charge < -0.3 is 9.97 Å². The smallest absolute Gasteiger partial charge is 0.314 e. The number of carbonyl (C=O) groups excluding carboxylic acids is 1. The van der Waals surface area contributed by atoms with E-state index < -0.39 is 16.4 Å². The summed E-state index contributed by atoms with van der Waals surface area (Å²) in [5, 5.41) is -0.691. The highest BCUT2D eigenvalue weighted by Crippen LogP contribution is 2.13. The second kappa shape index (κ2) is 3.36. The van der Waals surface area contributed by atoms with Crippen molar-refractivity contribution in [3.05, 3.63) is 44.5 Å². The van der Waals surface area contributed by atoms with E-state index in [2.05, 4.69) is 9.97 Å². The maximum absolute atomic E-state index is 11.1. The van der Waals surface area contributed by atoms with Crippen LogP contribution in [0.5, 0.6) is 0 Å². The van der Waals surface area contributed by atoms with Gasteiger partial charge in [-0.1, -0.05) is 6.07 Å². The maximum atomic E-state index is 11.1. The molecule has 0 atom stereocenters. The lowest BCUT2D eigenvalue weighted by Crippen LogP contribution is -2.29. The van der Waals surface area contributed by atoms with Crippen molar-refractivity contribution in [1.82, 2.24) is 9.97 Å². The summed E-state index contributed by atoms with van der Waals surface area (Å²) < 4.78 is 0. The van der Waals surface area contributed by atoms with Crippen LogP contribution in [0.3, 0.4) is 0 Å². The Balaban J connectivity index is 2.98. The molecule has 15 heavy (non-hydrogen) atoms. The van der Waals surface area contributed by atoms with Crippen LogP contribution < -0.4 is 11.1 Å². The first-order chi connectivity index (χ1) is 7.09. The normalized spacial score (nSPS) is 10.5. The van der Waals surface area contributed by atoms with E-state index in [1.54, 1.807) is 12.1 Å². The highest BCUT2D eigenvalue weighted by molar-refractivity contribution is 6.68. The minimum absolute atomic E-state index is 0.155. The van der Waals surface area contributed by atoms with Crippen LogP contribution in [0.25, 0.3) is 11.0 Å². The van der Waals surface area contributed by atoms with Gasteiger partial charge in [0, 0.05) is 0 Å². The zero-order chi connectivity index (χ0) is 11.0. The van der Waals surface area contributed by atoms with Crippen LogP contribution in [-0.4, -0.2) is 15.2 Å². The van der Waals surface area contributed by atoms with Gasteiger partial charge in [0.1, 0.15) is 0 Å². The number of benzene rings is 1. The number of aromatic nitrogens is 2. The average molecular weight is 225 g/mol. The lowest BCUT2D eigenvalue weighted by molar-refractivity contribution is 0.108. The molecule has 2 aromatic rings. The van der Waals surface area contributed by atoms with Crippen LogP contribution in [0, 0.1) is 0 Å². The van der Waals surface area contributed by atoms with E-state index in [9.17, 15) is 14.4 Å². The fourth-order valence-electron chi connectivity index (χ4n) is 1.30. The Morgan fingerprint density at radius 2 is 1.80 bits per heavy atom. The van der Waals surface area contributed by atoms with Gasteiger partial charge >= 0.3 is 11.1 Å². The van der Waals surface area contributed by atoms with Gasteiger partial charge in [-0.25, -0.2) is 0 Å². The van der Waals surface area contributed by atoms with Crippen molar-refractivity contribution in [2.45, 2.75) is 0 Å². The molecule has 76 valence electrons. The minimum Gasteiger partial charge on any atom is -0.316 e. The number of halogens is 1. The monoisotopic (exact) mass is 224 g/mol. The molecular weight excluding hydrogens is 220 g/mol. The summed E-state index contributed by atoms with van der Waals surface area (Å²) in [5.74, 6) is 0. The molecule has 0 radical (unpaired) electrons. The predicted octanol–water partition coefficient (Wildman–Crippen LogP) is 0.595.